The zero-order valence-corrected chi connectivity index (χ0v) is 25.5. The summed E-state index contributed by atoms with van der Waals surface area (Å²) in [6, 6.07) is -4.77. The molecule has 0 radical (unpaired) electrons. The van der Waals surface area contributed by atoms with Gasteiger partial charge in [-0.05, 0) is 6.92 Å². The minimum Gasteiger partial charge on any atom is -0.394 e. The minimum absolute atomic E-state index is 0.524. The lowest BCUT2D eigenvalue weighted by atomic mass is 9.93. The molecule has 0 aromatic rings. The molecule has 20 atom stereocenters. The summed E-state index contributed by atoms with van der Waals surface area (Å²) in [4.78, 5) is 0. The smallest absolute Gasteiger partial charge is 0.176 e. The molecule has 0 bridgehead atoms. The van der Waals surface area contributed by atoms with Crippen LogP contribution in [0.5, 0.6) is 0 Å². The second-order valence-corrected chi connectivity index (χ2v) is 12.0. The fraction of sp³-hybridized carbons (Fsp3) is 1.00. The number of rotatable bonds is 11. The maximum absolute atomic E-state index is 11.1. The van der Waals surface area contributed by atoms with E-state index in [1.54, 1.807) is 6.92 Å². The molecule has 4 aliphatic heterocycles. The highest BCUT2D eigenvalue weighted by Crippen LogP contribution is 2.33. The number of hydrogen-bond donors (Lipinski definition) is 12. The van der Waals surface area contributed by atoms with E-state index >= 15 is 0 Å². The molecule has 20 nitrogen and oxygen atoms in total. The monoisotopic (exact) mass is 674 g/mol. The highest BCUT2D eigenvalue weighted by Gasteiger charge is 2.54. The van der Waals surface area contributed by atoms with Crippen LogP contribution in [0.15, 0.2) is 0 Å². The van der Waals surface area contributed by atoms with Crippen LogP contribution < -0.4 is 22.9 Å². The van der Waals surface area contributed by atoms with Crippen molar-refractivity contribution in [2.75, 3.05) is 33.5 Å². The summed E-state index contributed by atoms with van der Waals surface area (Å²) in [6.07, 6.45) is -20.2. The number of aliphatic hydroxyl groups is 8. The van der Waals surface area contributed by atoms with Crippen LogP contribution in [0.3, 0.4) is 0 Å². The van der Waals surface area contributed by atoms with Gasteiger partial charge in [0.05, 0.1) is 56.7 Å². The van der Waals surface area contributed by atoms with Gasteiger partial charge in [-0.25, -0.2) is 0 Å². The van der Waals surface area contributed by atoms with E-state index in [1.165, 1.54) is 7.11 Å². The quantitative estimate of drug-likeness (QED) is 0.0967. The topological polar surface area (TPSA) is 340 Å². The molecule has 4 fully saturated rings. The van der Waals surface area contributed by atoms with Gasteiger partial charge in [0.2, 0.25) is 0 Å². The molecule has 0 aromatic carbocycles. The Labute approximate surface area is 264 Å². The first-order valence-corrected chi connectivity index (χ1v) is 15.1. The zero-order valence-electron chi connectivity index (χ0n) is 25.5. The molecule has 16 N–H and O–H groups in total. The van der Waals surface area contributed by atoms with Crippen LogP contribution in [-0.2, 0) is 37.9 Å². The third-order valence-corrected chi connectivity index (χ3v) is 9.06. The number of methoxy groups -OCH3 is 1. The Hall–Kier alpha value is -0.800. The van der Waals surface area contributed by atoms with Crippen molar-refractivity contribution in [2.45, 2.75) is 129 Å². The first-order chi connectivity index (χ1) is 21.8. The van der Waals surface area contributed by atoms with Gasteiger partial charge in [0.25, 0.3) is 0 Å². The van der Waals surface area contributed by atoms with Crippen LogP contribution in [0, 0.1) is 0 Å². The van der Waals surface area contributed by atoms with E-state index in [2.05, 4.69) is 0 Å². The van der Waals surface area contributed by atoms with E-state index in [0.29, 0.717) is 0 Å². The fourth-order valence-corrected chi connectivity index (χ4v) is 6.20. The van der Waals surface area contributed by atoms with Crippen molar-refractivity contribution in [3.05, 3.63) is 0 Å². The molecule has 0 spiro atoms. The number of nitrogens with two attached hydrogens (primary N) is 4. The average molecular weight is 675 g/mol. The second-order valence-electron chi connectivity index (χ2n) is 12.0. The first kappa shape index (κ1) is 38.0. The third kappa shape index (κ3) is 7.51. The standard InChI is InChI=1S/C26H50N4O16/c1-7-12(27)16(35)21(9(4-32)40-7)44-25-14(29)18(37)23(11(6-34)42-25)46-26-15(30)19(38)22(10(5-33)43-26)45-24-13(28)17(36)20(39-2)8(3-31)41-24/h7-26,31-38H,3-6,27-30H2,1-2H3/t7-,8?,9?,10?,11?,12?,13+,14?,15?,16+,17?,18+,19+,20-,21-,22-,23-,24-,25-,26-/m0/s1. The predicted molar refractivity (Wildman–Crippen MR) is 150 cm³/mol. The third-order valence-electron chi connectivity index (χ3n) is 9.06. The number of aliphatic hydroxyl groups excluding tert-OH is 8. The van der Waals surface area contributed by atoms with Gasteiger partial charge in [0.15, 0.2) is 18.9 Å². The Morgan fingerprint density at radius 1 is 0.478 bits per heavy atom. The second kappa shape index (κ2) is 16.3. The van der Waals surface area contributed by atoms with E-state index in [-0.39, 0.29) is 0 Å². The first-order valence-electron chi connectivity index (χ1n) is 15.1. The summed E-state index contributed by atoms with van der Waals surface area (Å²) in [5.74, 6) is 0. The Kier molecular flexibility index (Phi) is 13.4. The van der Waals surface area contributed by atoms with Crippen molar-refractivity contribution < 1.29 is 78.7 Å². The molecule has 4 saturated heterocycles. The summed E-state index contributed by atoms with van der Waals surface area (Å²) in [6.45, 7) is -0.875. The molecule has 0 aliphatic carbocycles. The van der Waals surface area contributed by atoms with Crippen molar-refractivity contribution in [3.8, 4) is 0 Å². The van der Waals surface area contributed by atoms with Gasteiger partial charge in [0.1, 0.15) is 73.2 Å². The van der Waals surface area contributed by atoms with Gasteiger partial charge in [-0.2, -0.15) is 0 Å². The van der Waals surface area contributed by atoms with Crippen LogP contribution in [0.25, 0.3) is 0 Å². The Balaban J connectivity index is 1.43. The van der Waals surface area contributed by atoms with Gasteiger partial charge in [-0.3, -0.25) is 0 Å². The van der Waals surface area contributed by atoms with E-state index in [4.69, 9.17) is 60.8 Å². The van der Waals surface area contributed by atoms with Crippen LogP contribution >= 0.6 is 0 Å². The van der Waals surface area contributed by atoms with E-state index < -0.39 is 149 Å². The SMILES string of the molecule is CO[C@H]1C(CO)O[C@@H](O[C@H]2C(CO)O[C@@H](O[C@H]3C(CO)O[C@@H](O[C@H]4C(CO)O[C@@H](C)C(N)[C@H]4O)C(N)[C@H]3O)C(N)[C@H]2O)[C@H](N)C1O. The maximum Gasteiger partial charge on any atom is 0.176 e. The Morgan fingerprint density at radius 3 is 1.09 bits per heavy atom. The lowest BCUT2D eigenvalue weighted by Gasteiger charge is -2.49. The predicted octanol–water partition coefficient (Wildman–Crippen LogP) is -8.16. The molecule has 20 heteroatoms. The number of ether oxygens (including phenoxy) is 8. The van der Waals surface area contributed by atoms with E-state index in [9.17, 15) is 40.9 Å². The maximum atomic E-state index is 11.1. The lowest BCUT2D eigenvalue weighted by molar-refractivity contribution is -0.356. The molecule has 8 unspecified atom stereocenters. The van der Waals surface area contributed by atoms with Gasteiger partial charge in [0, 0.05) is 7.11 Å². The van der Waals surface area contributed by atoms with Gasteiger partial charge < -0.3 is 102 Å². The van der Waals surface area contributed by atoms with Crippen LogP contribution in [0.4, 0.5) is 0 Å². The Morgan fingerprint density at radius 2 is 0.761 bits per heavy atom. The molecule has 4 rings (SSSR count). The normalized spacial score (nSPS) is 52.0. The molecular formula is C26H50N4O16. The molecule has 46 heavy (non-hydrogen) atoms. The van der Waals surface area contributed by atoms with Crippen LogP contribution in [0.2, 0.25) is 0 Å². The highest BCUT2D eigenvalue weighted by molar-refractivity contribution is 5.00. The molecule has 4 aliphatic rings. The van der Waals surface area contributed by atoms with Crippen molar-refractivity contribution in [1.82, 2.24) is 0 Å². The summed E-state index contributed by atoms with van der Waals surface area (Å²) < 4.78 is 45.5. The minimum atomic E-state index is -1.59. The van der Waals surface area contributed by atoms with Crippen molar-refractivity contribution in [1.29, 1.82) is 0 Å². The van der Waals surface area contributed by atoms with E-state index in [0.717, 1.165) is 0 Å². The summed E-state index contributed by atoms with van der Waals surface area (Å²) >= 11 is 0. The molecule has 270 valence electrons. The Bertz CT molecular complexity index is 940. The molecular weight excluding hydrogens is 624 g/mol. The number of hydrogen-bond acceptors (Lipinski definition) is 20. The van der Waals surface area contributed by atoms with Crippen molar-refractivity contribution in [2.24, 2.45) is 22.9 Å². The largest absolute Gasteiger partial charge is 0.394 e. The zero-order chi connectivity index (χ0) is 34.0. The van der Waals surface area contributed by atoms with Crippen LogP contribution in [-0.4, -0.2) is 197 Å². The fourth-order valence-electron chi connectivity index (χ4n) is 6.20. The van der Waals surface area contributed by atoms with Gasteiger partial charge >= 0.3 is 0 Å². The highest BCUT2D eigenvalue weighted by atomic mass is 16.8. The van der Waals surface area contributed by atoms with Crippen molar-refractivity contribution in [3.63, 3.8) is 0 Å². The van der Waals surface area contributed by atoms with Crippen LogP contribution in [0.1, 0.15) is 6.92 Å². The molecule has 0 aromatic heterocycles. The molecule has 4 heterocycles. The molecule has 0 saturated carbocycles. The summed E-state index contributed by atoms with van der Waals surface area (Å²) in [7, 11) is 1.31. The summed E-state index contributed by atoms with van der Waals surface area (Å²) in [5, 5.41) is 83.1. The van der Waals surface area contributed by atoms with Gasteiger partial charge in [-0.15, -0.1) is 0 Å². The lowest BCUT2D eigenvalue weighted by Crippen LogP contribution is -2.70. The van der Waals surface area contributed by atoms with Crippen molar-refractivity contribution >= 4 is 0 Å². The van der Waals surface area contributed by atoms with Gasteiger partial charge in [-0.1, -0.05) is 0 Å². The summed E-state index contributed by atoms with van der Waals surface area (Å²) in [5.41, 5.74) is 24.5. The average Bonchev–Trinajstić information content (AvgIpc) is 3.05. The molecule has 0 amide bonds. The van der Waals surface area contributed by atoms with E-state index in [1.807, 2.05) is 0 Å².